The average molecular weight is 284 g/mol. The van der Waals surface area contributed by atoms with Crippen LogP contribution in [0.1, 0.15) is 16.9 Å². The van der Waals surface area contributed by atoms with Gasteiger partial charge in [0.05, 0.1) is 18.4 Å². The fourth-order valence-electron chi connectivity index (χ4n) is 1.99. The minimum Gasteiger partial charge on any atom is -0.467 e. The molecule has 1 heterocycles. The number of nitrogens with two attached hydrogens (primary N) is 1. The van der Waals surface area contributed by atoms with Crippen LogP contribution in [0.4, 0.5) is 18.9 Å². The normalized spacial score (nSPS) is 11.7. The third kappa shape index (κ3) is 3.14. The summed E-state index contributed by atoms with van der Waals surface area (Å²) in [6.07, 6.45) is -2.83. The molecule has 0 atom stereocenters. The van der Waals surface area contributed by atoms with E-state index in [1.807, 2.05) is 6.07 Å². The molecule has 1 aromatic carbocycles. The number of anilines is 1. The third-order valence-electron chi connectivity index (χ3n) is 3.03. The van der Waals surface area contributed by atoms with Gasteiger partial charge in [-0.15, -0.1) is 0 Å². The predicted octanol–water partition coefficient (Wildman–Crippen LogP) is 3.39. The molecule has 2 aromatic rings. The second kappa shape index (κ2) is 5.58. The quantitative estimate of drug-likeness (QED) is 0.935. The number of hydrogen-bond acceptors (Lipinski definition) is 3. The van der Waals surface area contributed by atoms with Gasteiger partial charge in [-0.05, 0) is 35.9 Å². The van der Waals surface area contributed by atoms with Crippen molar-refractivity contribution in [3.63, 3.8) is 0 Å². The molecule has 0 aliphatic carbocycles. The Morgan fingerprint density at radius 3 is 2.55 bits per heavy atom. The number of furan rings is 1. The average Bonchev–Trinajstić information content (AvgIpc) is 2.89. The molecule has 0 unspecified atom stereocenters. The van der Waals surface area contributed by atoms with Gasteiger partial charge < -0.3 is 15.1 Å². The van der Waals surface area contributed by atoms with E-state index in [-0.39, 0.29) is 12.1 Å². The first-order chi connectivity index (χ1) is 9.41. The number of nitrogens with zero attached hydrogens (tertiary/aromatic N) is 1. The van der Waals surface area contributed by atoms with E-state index in [2.05, 4.69) is 0 Å². The van der Waals surface area contributed by atoms with Gasteiger partial charge >= 0.3 is 6.18 Å². The molecule has 108 valence electrons. The highest BCUT2D eigenvalue weighted by atomic mass is 19.4. The van der Waals surface area contributed by atoms with Crippen LogP contribution in [0.2, 0.25) is 0 Å². The second-order valence-corrected chi connectivity index (χ2v) is 4.48. The first kappa shape index (κ1) is 14.5. The summed E-state index contributed by atoms with van der Waals surface area (Å²) in [6, 6.07) is 7.54. The Morgan fingerprint density at radius 1 is 1.25 bits per heavy atom. The standard InChI is InChI=1S/C14H15F3N2O/c1-19(9-12-3-2-6-20-12)11-4-5-13(14(15,16)17)10(7-11)8-18/h2-7H,8-9,18H2,1H3. The van der Waals surface area contributed by atoms with Gasteiger partial charge in [0.2, 0.25) is 0 Å². The summed E-state index contributed by atoms with van der Waals surface area (Å²) in [6.45, 7) is 0.319. The monoisotopic (exact) mass is 284 g/mol. The summed E-state index contributed by atoms with van der Waals surface area (Å²) >= 11 is 0. The lowest BCUT2D eigenvalue weighted by Gasteiger charge is -2.20. The first-order valence-electron chi connectivity index (χ1n) is 6.05. The molecule has 2 N–H and O–H groups in total. The maximum absolute atomic E-state index is 12.8. The van der Waals surface area contributed by atoms with Gasteiger partial charge in [-0.3, -0.25) is 0 Å². The number of hydrogen-bond donors (Lipinski definition) is 1. The Bertz CT molecular complexity index is 564. The van der Waals surface area contributed by atoms with Gasteiger partial charge in [0, 0.05) is 19.3 Å². The van der Waals surface area contributed by atoms with E-state index in [4.69, 9.17) is 10.2 Å². The molecule has 0 aliphatic rings. The smallest absolute Gasteiger partial charge is 0.416 e. The Balaban J connectivity index is 2.25. The topological polar surface area (TPSA) is 42.4 Å². The SMILES string of the molecule is CN(Cc1ccco1)c1ccc(C(F)(F)F)c(CN)c1. The van der Waals surface area contributed by atoms with Crippen molar-refractivity contribution in [1.82, 2.24) is 0 Å². The van der Waals surface area contributed by atoms with Crippen LogP contribution >= 0.6 is 0 Å². The second-order valence-electron chi connectivity index (χ2n) is 4.48. The molecule has 20 heavy (non-hydrogen) atoms. The molecule has 0 radical (unpaired) electrons. The number of halogens is 3. The molecule has 1 aromatic heterocycles. The van der Waals surface area contributed by atoms with Crippen molar-refractivity contribution < 1.29 is 17.6 Å². The van der Waals surface area contributed by atoms with Crippen molar-refractivity contribution in [2.75, 3.05) is 11.9 Å². The fourth-order valence-corrected chi connectivity index (χ4v) is 1.99. The zero-order valence-electron chi connectivity index (χ0n) is 10.9. The largest absolute Gasteiger partial charge is 0.467 e. The number of rotatable bonds is 4. The minimum absolute atomic E-state index is 0.0845. The lowest BCUT2D eigenvalue weighted by molar-refractivity contribution is -0.138. The molecule has 3 nitrogen and oxygen atoms in total. The lowest BCUT2D eigenvalue weighted by Crippen LogP contribution is -2.18. The van der Waals surface area contributed by atoms with Crippen LogP contribution in [0.5, 0.6) is 0 Å². The highest BCUT2D eigenvalue weighted by molar-refractivity contribution is 5.51. The highest BCUT2D eigenvalue weighted by Crippen LogP contribution is 2.33. The third-order valence-corrected chi connectivity index (χ3v) is 3.03. The highest BCUT2D eigenvalue weighted by Gasteiger charge is 2.33. The van der Waals surface area contributed by atoms with E-state index in [9.17, 15) is 13.2 Å². The van der Waals surface area contributed by atoms with E-state index in [1.165, 1.54) is 12.1 Å². The van der Waals surface area contributed by atoms with Gasteiger partial charge in [0.25, 0.3) is 0 Å². The molecule has 0 amide bonds. The molecule has 0 saturated heterocycles. The summed E-state index contributed by atoms with van der Waals surface area (Å²) in [5, 5.41) is 0. The van der Waals surface area contributed by atoms with Crippen molar-refractivity contribution in [2.45, 2.75) is 19.3 Å². The summed E-state index contributed by atoms with van der Waals surface area (Å²) in [7, 11) is 1.78. The van der Waals surface area contributed by atoms with E-state index in [0.29, 0.717) is 12.2 Å². The van der Waals surface area contributed by atoms with Crippen molar-refractivity contribution in [2.24, 2.45) is 5.73 Å². The predicted molar refractivity (Wildman–Crippen MR) is 70.2 cm³/mol. The van der Waals surface area contributed by atoms with Crippen LogP contribution in [0.15, 0.2) is 41.0 Å². The van der Waals surface area contributed by atoms with Crippen molar-refractivity contribution >= 4 is 5.69 Å². The Morgan fingerprint density at radius 2 is 2.00 bits per heavy atom. The van der Waals surface area contributed by atoms with E-state index in [1.54, 1.807) is 24.3 Å². The van der Waals surface area contributed by atoms with Crippen molar-refractivity contribution in [3.8, 4) is 0 Å². The van der Waals surface area contributed by atoms with E-state index in [0.717, 1.165) is 11.8 Å². The van der Waals surface area contributed by atoms with E-state index >= 15 is 0 Å². The van der Waals surface area contributed by atoms with Crippen molar-refractivity contribution in [3.05, 3.63) is 53.5 Å². The fraction of sp³-hybridized carbons (Fsp3) is 0.286. The van der Waals surface area contributed by atoms with Crippen LogP contribution in [-0.2, 0) is 19.3 Å². The van der Waals surface area contributed by atoms with Gasteiger partial charge in [0.15, 0.2) is 0 Å². The maximum atomic E-state index is 12.8. The van der Waals surface area contributed by atoms with Crippen LogP contribution in [-0.4, -0.2) is 7.05 Å². The molecule has 0 aliphatic heterocycles. The molecule has 0 bridgehead atoms. The van der Waals surface area contributed by atoms with Gasteiger partial charge in [-0.2, -0.15) is 13.2 Å². The lowest BCUT2D eigenvalue weighted by atomic mass is 10.1. The molecule has 0 spiro atoms. The molecular formula is C14H15F3N2O. The van der Waals surface area contributed by atoms with Crippen molar-refractivity contribution in [1.29, 1.82) is 0 Å². The van der Waals surface area contributed by atoms with Crippen LogP contribution in [0.3, 0.4) is 0 Å². The zero-order valence-corrected chi connectivity index (χ0v) is 10.9. The maximum Gasteiger partial charge on any atom is 0.416 e. The molecule has 0 saturated carbocycles. The van der Waals surface area contributed by atoms with Gasteiger partial charge in [-0.25, -0.2) is 0 Å². The van der Waals surface area contributed by atoms with Crippen LogP contribution < -0.4 is 10.6 Å². The summed E-state index contributed by atoms with van der Waals surface area (Å²) in [5.74, 6) is 0.738. The number of alkyl halides is 3. The Kier molecular flexibility index (Phi) is 4.04. The Labute approximate surface area is 114 Å². The summed E-state index contributed by atoms with van der Waals surface area (Å²) in [4.78, 5) is 1.80. The molecule has 6 heteroatoms. The van der Waals surface area contributed by atoms with Gasteiger partial charge in [0.1, 0.15) is 5.76 Å². The van der Waals surface area contributed by atoms with E-state index < -0.39 is 11.7 Å². The van der Waals surface area contributed by atoms with Crippen LogP contribution in [0.25, 0.3) is 0 Å². The summed E-state index contributed by atoms with van der Waals surface area (Å²) in [5.41, 5.74) is 5.48. The van der Waals surface area contributed by atoms with Gasteiger partial charge in [-0.1, -0.05) is 0 Å². The minimum atomic E-state index is -4.38. The Hall–Kier alpha value is -1.95. The van der Waals surface area contributed by atoms with Crippen LogP contribution in [0, 0.1) is 0 Å². The molecule has 0 fully saturated rings. The number of benzene rings is 1. The summed E-state index contributed by atoms with van der Waals surface area (Å²) < 4.78 is 43.6. The zero-order chi connectivity index (χ0) is 14.8. The molecular weight excluding hydrogens is 269 g/mol. The first-order valence-corrected chi connectivity index (χ1v) is 6.05. The molecule has 2 rings (SSSR count).